The lowest BCUT2D eigenvalue weighted by molar-refractivity contribution is 0.397. The summed E-state index contributed by atoms with van der Waals surface area (Å²) in [6.07, 6.45) is 4.05. The Kier molecular flexibility index (Phi) is 2.32. The lowest BCUT2D eigenvalue weighted by atomic mass is 10.3. The maximum Gasteiger partial charge on any atom is 0.216 e. The second-order valence-electron chi connectivity index (χ2n) is 3.80. The lowest BCUT2D eigenvalue weighted by Gasteiger charge is -1.98. The summed E-state index contributed by atoms with van der Waals surface area (Å²) in [4.78, 5) is 12.8. The largest absolute Gasteiger partial charge is 0.481 e. The Morgan fingerprint density at radius 2 is 2.25 bits per heavy atom. The van der Waals surface area contributed by atoms with Crippen LogP contribution in [0.2, 0.25) is 0 Å². The Morgan fingerprint density at radius 1 is 1.38 bits per heavy atom. The van der Waals surface area contributed by atoms with E-state index in [0.717, 1.165) is 10.7 Å². The van der Waals surface area contributed by atoms with E-state index in [2.05, 4.69) is 20.3 Å². The van der Waals surface area contributed by atoms with E-state index < -0.39 is 0 Å². The summed E-state index contributed by atoms with van der Waals surface area (Å²) in [5, 5.41) is 3.07. The molecule has 2 heterocycles. The summed E-state index contributed by atoms with van der Waals surface area (Å²) in [6.45, 7) is 0. The van der Waals surface area contributed by atoms with Gasteiger partial charge in [0, 0.05) is 17.4 Å². The average molecular weight is 233 g/mol. The molecule has 0 radical (unpaired) electrons. The molecule has 2 aromatic rings. The zero-order valence-corrected chi connectivity index (χ0v) is 9.70. The first-order valence-electron chi connectivity index (χ1n) is 5.18. The second kappa shape index (κ2) is 3.83. The molecule has 4 nitrogen and oxygen atoms in total. The van der Waals surface area contributed by atoms with Crippen LogP contribution in [0.25, 0.3) is 10.7 Å². The van der Waals surface area contributed by atoms with E-state index in [1.54, 1.807) is 18.4 Å². The van der Waals surface area contributed by atoms with Gasteiger partial charge in [-0.05, 0) is 12.8 Å². The summed E-state index contributed by atoms with van der Waals surface area (Å²) in [7, 11) is 1.60. The molecule has 0 bridgehead atoms. The van der Waals surface area contributed by atoms with E-state index in [9.17, 15) is 0 Å². The topological polar surface area (TPSA) is 47.9 Å². The molecule has 16 heavy (non-hydrogen) atoms. The zero-order valence-electron chi connectivity index (χ0n) is 8.88. The molecule has 0 unspecified atom stereocenters. The molecule has 5 heteroatoms. The minimum Gasteiger partial charge on any atom is -0.481 e. The van der Waals surface area contributed by atoms with Crippen LogP contribution in [0, 0.1) is 0 Å². The van der Waals surface area contributed by atoms with Crippen molar-refractivity contribution in [2.75, 3.05) is 7.11 Å². The maximum atomic E-state index is 5.07. The van der Waals surface area contributed by atoms with Crippen LogP contribution in [0.1, 0.15) is 24.5 Å². The predicted molar refractivity (Wildman–Crippen MR) is 61.7 cm³/mol. The van der Waals surface area contributed by atoms with Crippen molar-refractivity contribution in [3.8, 4) is 16.6 Å². The lowest BCUT2D eigenvalue weighted by Crippen LogP contribution is -1.90. The van der Waals surface area contributed by atoms with Crippen molar-refractivity contribution in [2.45, 2.75) is 18.8 Å². The van der Waals surface area contributed by atoms with Crippen LogP contribution in [0.5, 0.6) is 5.88 Å². The highest BCUT2D eigenvalue weighted by Gasteiger charge is 2.26. The molecule has 0 saturated heterocycles. The molecule has 1 fully saturated rings. The van der Waals surface area contributed by atoms with Crippen molar-refractivity contribution in [1.82, 2.24) is 15.0 Å². The number of rotatable bonds is 3. The van der Waals surface area contributed by atoms with E-state index in [0.29, 0.717) is 11.8 Å². The van der Waals surface area contributed by atoms with E-state index in [4.69, 9.17) is 4.74 Å². The fourth-order valence-corrected chi connectivity index (χ4v) is 2.41. The highest BCUT2D eigenvalue weighted by Crippen LogP contribution is 2.41. The molecule has 0 atom stereocenters. The van der Waals surface area contributed by atoms with Crippen LogP contribution in [0.4, 0.5) is 0 Å². The number of thiazole rings is 1. The third kappa shape index (κ3) is 1.78. The van der Waals surface area contributed by atoms with Gasteiger partial charge < -0.3 is 4.74 Å². The van der Waals surface area contributed by atoms with Crippen LogP contribution >= 0.6 is 11.3 Å². The van der Waals surface area contributed by atoms with Crippen LogP contribution in [0.15, 0.2) is 17.8 Å². The third-order valence-electron chi connectivity index (χ3n) is 2.59. The van der Waals surface area contributed by atoms with Gasteiger partial charge in [-0.1, -0.05) is 0 Å². The quantitative estimate of drug-likeness (QED) is 0.817. The van der Waals surface area contributed by atoms with Crippen molar-refractivity contribution < 1.29 is 4.74 Å². The average Bonchev–Trinajstić information content (AvgIpc) is 3.07. The van der Waals surface area contributed by atoms with Crippen LogP contribution in [-0.4, -0.2) is 22.1 Å². The SMILES string of the molecule is COc1cc(-c2nc(C3CC3)cs2)ncn1. The van der Waals surface area contributed by atoms with E-state index >= 15 is 0 Å². The third-order valence-corrected chi connectivity index (χ3v) is 3.47. The minimum atomic E-state index is 0.577. The van der Waals surface area contributed by atoms with Gasteiger partial charge in [0.1, 0.15) is 17.0 Å². The van der Waals surface area contributed by atoms with E-state index in [-0.39, 0.29) is 0 Å². The smallest absolute Gasteiger partial charge is 0.216 e. The number of hydrogen-bond donors (Lipinski definition) is 0. The first-order chi connectivity index (χ1) is 7.86. The Hall–Kier alpha value is -1.49. The molecule has 82 valence electrons. The van der Waals surface area contributed by atoms with Crippen molar-refractivity contribution >= 4 is 11.3 Å². The Morgan fingerprint density at radius 3 is 3.00 bits per heavy atom. The first kappa shape index (κ1) is 9.72. The molecule has 1 saturated carbocycles. The van der Waals surface area contributed by atoms with Crippen LogP contribution in [-0.2, 0) is 0 Å². The number of aromatic nitrogens is 3. The summed E-state index contributed by atoms with van der Waals surface area (Å²) in [5.41, 5.74) is 2.04. The zero-order chi connectivity index (χ0) is 11.0. The Labute approximate surface area is 97.4 Å². The van der Waals surface area contributed by atoms with Crippen molar-refractivity contribution in [3.63, 3.8) is 0 Å². The van der Waals surface area contributed by atoms with Gasteiger partial charge in [-0.25, -0.2) is 15.0 Å². The highest BCUT2D eigenvalue weighted by atomic mass is 32.1. The molecular weight excluding hydrogens is 222 g/mol. The predicted octanol–water partition coefficient (Wildman–Crippen LogP) is 2.49. The van der Waals surface area contributed by atoms with Crippen molar-refractivity contribution in [3.05, 3.63) is 23.5 Å². The normalized spacial score (nSPS) is 15.1. The summed E-state index contributed by atoms with van der Waals surface area (Å²) < 4.78 is 5.07. The minimum absolute atomic E-state index is 0.577. The monoisotopic (exact) mass is 233 g/mol. The van der Waals surface area contributed by atoms with Gasteiger partial charge in [-0.3, -0.25) is 0 Å². The number of ether oxygens (including phenoxy) is 1. The molecule has 1 aliphatic carbocycles. The molecule has 0 aliphatic heterocycles. The standard InChI is InChI=1S/C11H11N3OS/c1-15-10-4-8(12-6-13-10)11-14-9(5-16-11)7-2-3-7/h4-7H,2-3H2,1H3. The Bertz CT molecular complexity index is 507. The summed E-state index contributed by atoms with van der Waals surface area (Å²) >= 11 is 1.63. The van der Waals surface area contributed by atoms with E-state index in [1.165, 1.54) is 24.9 Å². The number of nitrogens with zero attached hydrogens (tertiary/aromatic N) is 3. The molecular formula is C11H11N3OS. The molecule has 3 rings (SSSR count). The molecule has 0 amide bonds. The Balaban J connectivity index is 1.93. The van der Waals surface area contributed by atoms with Crippen LogP contribution < -0.4 is 4.74 Å². The van der Waals surface area contributed by atoms with E-state index in [1.807, 2.05) is 6.07 Å². The van der Waals surface area contributed by atoms with Gasteiger partial charge in [-0.15, -0.1) is 11.3 Å². The first-order valence-corrected chi connectivity index (χ1v) is 6.06. The summed E-state index contributed by atoms with van der Waals surface area (Å²) in [6, 6.07) is 1.81. The fraction of sp³-hybridized carbons (Fsp3) is 0.364. The fourth-order valence-electron chi connectivity index (χ4n) is 1.54. The van der Waals surface area contributed by atoms with Gasteiger partial charge in [0.25, 0.3) is 0 Å². The van der Waals surface area contributed by atoms with Gasteiger partial charge in [0.15, 0.2) is 0 Å². The molecule has 0 N–H and O–H groups in total. The molecule has 1 aliphatic rings. The van der Waals surface area contributed by atoms with Crippen LogP contribution in [0.3, 0.4) is 0 Å². The molecule has 0 aromatic carbocycles. The van der Waals surface area contributed by atoms with Gasteiger partial charge >= 0.3 is 0 Å². The molecule has 2 aromatic heterocycles. The summed E-state index contributed by atoms with van der Waals surface area (Å²) in [5.74, 6) is 1.27. The maximum absolute atomic E-state index is 5.07. The second-order valence-corrected chi connectivity index (χ2v) is 4.66. The molecule has 0 spiro atoms. The van der Waals surface area contributed by atoms with Crippen molar-refractivity contribution in [1.29, 1.82) is 0 Å². The number of methoxy groups -OCH3 is 1. The number of hydrogen-bond acceptors (Lipinski definition) is 5. The van der Waals surface area contributed by atoms with Gasteiger partial charge in [-0.2, -0.15) is 0 Å². The van der Waals surface area contributed by atoms with Crippen molar-refractivity contribution in [2.24, 2.45) is 0 Å². The van der Waals surface area contributed by atoms with Gasteiger partial charge in [0.05, 0.1) is 12.8 Å². The highest BCUT2D eigenvalue weighted by molar-refractivity contribution is 7.13. The van der Waals surface area contributed by atoms with Gasteiger partial charge in [0.2, 0.25) is 5.88 Å².